The highest BCUT2D eigenvalue weighted by Gasteiger charge is 2.20. The summed E-state index contributed by atoms with van der Waals surface area (Å²) in [6.45, 7) is 6.53. The highest BCUT2D eigenvalue weighted by molar-refractivity contribution is 7.98. The minimum absolute atomic E-state index is 0.0276. The van der Waals surface area contributed by atoms with E-state index in [1.54, 1.807) is 29.3 Å². The second-order valence-electron chi connectivity index (χ2n) is 7.66. The summed E-state index contributed by atoms with van der Waals surface area (Å²) in [6.07, 6.45) is 3.81. The molecule has 0 atom stereocenters. The van der Waals surface area contributed by atoms with Crippen LogP contribution in [-0.4, -0.2) is 16.2 Å². The number of anilines is 2. The maximum atomic E-state index is 6.26. The molecule has 2 aromatic carbocycles. The van der Waals surface area contributed by atoms with Crippen LogP contribution >= 0.6 is 23.1 Å². The summed E-state index contributed by atoms with van der Waals surface area (Å²) in [5.41, 5.74) is 2.93. The third kappa shape index (κ3) is 4.23. The van der Waals surface area contributed by atoms with Crippen molar-refractivity contribution in [2.45, 2.75) is 31.1 Å². The number of thiazole rings is 1. The molecular formula is C23H23N3OS2. The first kappa shape index (κ1) is 19.7. The molecule has 0 aliphatic carbocycles. The lowest BCUT2D eigenvalue weighted by Gasteiger charge is -2.22. The zero-order valence-electron chi connectivity index (χ0n) is 16.9. The molecule has 4 nitrogen and oxygen atoms in total. The van der Waals surface area contributed by atoms with E-state index in [0.29, 0.717) is 5.88 Å². The van der Waals surface area contributed by atoms with E-state index in [4.69, 9.17) is 9.72 Å². The van der Waals surface area contributed by atoms with Crippen LogP contribution in [0.25, 0.3) is 10.2 Å². The lowest BCUT2D eigenvalue weighted by molar-refractivity contribution is 0.442. The van der Waals surface area contributed by atoms with Crippen molar-refractivity contribution in [3.63, 3.8) is 0 Å². The molecule has 0 spiro atoms. The Bertz CT molecular complexity index is 1150. The van der Waals surface area contributed by atoms with E-state index in [-0.39, 0.29) is 5.41 Å². The molecule has 0 amide bonds. The lowest BCUT2D eigenvalue weighted by Crippen LogP contribution is -2.12. The topological polar surface area (TPSA) is 47.0 Å². The molecule has 0 aliphatic rings. The normalized spacial score (nSPS) is 11.6. The molecule has 0 fully saturated rings. The van der Waals surface area contributed by atoms with Crippen molar-refractivity contribution in [3.05, 3.63) is 66.4 Å². The van der Waals surface area contributed by atoms with Gasteiger partial charge in [0.1, 0.15) is 11.4 Å². The van der Waals surface area contributed by atoms with Crippen molar-refractivity contribution in [2.24, 2.45) is 0 Å². The molecule has 2 aromatic heterocycles. The van der Waals surface area contributed by atoms with Crippen LogP contribution in [0, 0.1) is 0 Å². The number of nitrogens with zero attached hydrogens (tertiary/aromatic N) is 2. The first-order valence-electron chi connectivity index (χ1n) is 9.38. The number of aromatic nitrogens is 2. The van der Waals surface area contributed by atoms with Crippen LogP contribution in [0.3, 0.4) is 0 Å². The maximum absolute atomic E-state index is 6.26. The Hall–Kier alpha value is -2.57. The van der Waals surface area contributed by atoms with Gasteiger partial charge in [0.05, 0.1) is 10.2 Å². The van der Waals surface area contributed by atoms with Crippen LogP contribution in [0.2, 0.25) is 0 Å². The van der Waals surface area contributed by atoms with Crippen molar-refractivity contribution in [3.8, 4) is 11.6 Å². The molecule has 1 N–H and O–H groups in total. The average molecular weight is 422 g/mol. The van der Waals surface area contributed by atoms with Gasteiger partial charge in [0, 0.05) is 16.7 Å². The van der Waals surface area contributed by atoms with Crippen molar-refractivity contribution >= 4 is 44.1 Å². The van der Waals surface area contributed by atoms with Gasteiger partial charge in [0.25, 0.3) is 0 Å². The minimum atomic E-state index is -0.0276. The molecule has 6 heteroatoms. The van der Waals surface area contributed by atoms with Gasteiger partial charge in [-0.15, -0.1) is 11.8 Å². The summed E-state index contributed by atoms with van der Waals surface area (Å²) >= 11 is 3.33. The predicted molar refractivity (Wildman–Crippen MR) is 124 cm³/mol. The number of nitrogens with one attached hydrogen (secondary N) is 1. The van der Waals surface area contributed by atoms with E-state index in [9.17, 15) is 0 Å². The minimum Gasteiger partial charge on any atom is -0.437 e. The second kappa shape index (κ2) is 8.05. The fraction of sp³-hybridized carbons (Fsp3) is 0.217. The van der Waals surface area contributed by atoms with Gasteiger partial charge in [0.2, 0.25) is 5.88 Å². The molecule has 0 bridgehead atoms. The third-order valence-electron chi connectivity index (χ3n) is 4.52. The second-order valence-corrected chi connectivity index (χ2v) is 9.53. The zero-order valence-corrected chi connectivity index (χ0v) is 18.5. The van der Waals surface area contributed by atoms with Gasteiger partial charge < -0.3 is 10.1 Å². The summed E-state index contributed by atoms with van der Waals surface area (Å²) in [4.78, 5) is 10.4. The van der Waals surface area contributed by atoms with E-state index in [1.807, 2.05) is 30.3 Å². The summed E-state index contributed by atoms with van der Waals surface area (Å²) in [6, 6.07) is 18.2. The van der Waals surface area contributed by atoms with Crippen LogP contribution in [0.15, 0.2) is 65.7 Å². The Labute approximate surface area is 179 Å². The Morgan fingerprint density at radius 1 is 1.00 bits per heavy atom. The fourth-order valence-electron chi connectivity index (χ4n) is 3.10. The van der Waals surface area contributed by atoms with Gasteiger partial charge >= 0.3 is 0 Å². The molecule has 4 aromatic rings. The molecule has 0 saturated heterocycles. The van der Waals surface area contributed by atoms with Gasteiger partial charge in [-0.1, -0.05) is 56.4 Å². The van der Waals surface area contributed by atoms with E-state index in [0.717, 1.165) is 32.3 Å². The van der Waals surface area contributed by atoms with Crippen LogP contribution < -0.4 is 10.1 Å². The fourth-order valence-corrected chi connectivity index (χ4v) is 4.64. The quantitative estimate of drug-likeness (QED) is 0.344. The van der Waals surface area contributed by atoms with E-state index in [2.05, 4.69) is 61.6 Å². The van der Waals surface area contributed by atoms with Crippen molar-refractivity contribution in [1.82, 2.24) is 9.97 Å². The average Bonchev–Trinajstić information content (AvgIpc) is 3.11. The SMILES string of the molecule is CSc1cccc2sc(Nc3cccnc3Oc3ccccc3C(C)(C)C)nc12. The highest BCUT2D eigenvalue weighted by atomic mass is 32.2. The number of fused-ring (bicyclic) bond motifs is 1. The zero-order chi connectivity index (χ0) is 20.4. The molecule has 0 saturated carbocycles. The Balaban J connectivity index is 1.67. The van der Waals surface area contributed by atoms with Crippen LogP contribution in [-0.2, 0) is 5.41 Å². The summed E-state index contributed by atoms with van der Waals surface area (Å²) in [5, 5.41) is 4.23. The standard InChI is InChI=1S/C23H23N3OS2/c1-23(2,3)15-9-5-6-11-17(15)27-21-16(10-8-14-24-21)25-22-26-20-18(28-4)12-7-13-19(20)29-22/h5-14H,1-4H3,(H,25,26). The van der Waals surface area contributed by atoms with Crippen LogP contribution in [0.1, 0.15) is 26.3 Å². The molecular weight excluding hydrogens is 398 g/mol. The maximum Gasteiger partial charge on any atom is 0.243 e. The Morgan fingerprint density at radius 3 is 2.62 bits per heavy atom. The van der Waals surface area contributed by atoms with E-state index >= 15 is 0 Å². The number of rotatable bonds is 5. The predicted octanol–water partition coefficient (Wildman–Crippen LogP) is 7.25. The van der Waals surface area contributed by atoms with Gasteiger partial charge in [-0.2, -0.15) is 0 Å². The summed E-state index contributed by atoms with van der Waals surface area (Å²) in [5.74, 6) is 1.35. The largest absolute Gasteiger partial charge is 0.437 e. The molecule has 29 heavy (non-hydrogen) atoms. The molecule has 0 aliphatic heterocycles. The van der Waals surface area contributed by atoms with Gasteiger partial charge in [0.15, 0.2) is 5.13 Å². The van der Waals surface area contributed by atoms with Gasteiger partial charge in [-0.05, 0) is 42.0 Å². The monoisotopic (exact) mass is 421 g/mol. The number of thioether (sulfide) groups is 1. The van der Waals surface area contributed by atoms with E-state index in [1.165, 1.54) is 4.90 Å². The smallest absolute Gasteiger partial charge is 0.243 e. The third-order valence-corrected chi connectivity index (χ3v) is 6.22. The molecule has 2 heterocycles. The number of ether oxygens (including phenoxy) is 1. The highest BCUT2D eigenvalue weighted by Crippen LogP contribution is 2.38. The number of benzene rings is 2. The van der Waals surface area contributed by atoms with E-state index < -0.39 is 0 Å². The van der Waals surface area contributed by atoms with Crippen molar-refractivity contribution < 1.29 is 4.74 Å². The number of para-hydroxylation sites is 2. The Morgan fingerprint density at radius 2 is 1.83 bits per heavy atom. The molecule has 0 unspecified atom stereocenters. The number of hydrogen-bond donors (Lipinski definition) is 1. The van der Waals surface area contributed by atoms with Gasteiger partial charge in [-0.3, -0.25) is 0 Å². The van der Waals surface area contributed by atoms with Crippen LogP contribution in [0.4, 0.5) is 10.8 Å². The lowest BCUT2D eigenvalue weighted by atomic mass is 9.86. The molecule has 148 valence electrons. The number of pyridine rings is 1. The summed E-state index contributed by atoms with van der Waals surface area (Å²) < 4.78 is 7.41. The molecule has 4 rings (SSSR count). The van der Waals surface area contributed by atoms with Gasteiger partial charge in [-0.25, -0.2) is 9.97 Å². The number of hydrogen-bond acceptors (Lipinski definition) is 6. The first-order chi connectivity index (χ1) is 14.0. The first-order valence-corrected chi connectivity index (χ1v) is 11.4. The van der Waals surface area contributed by atoms with Crippen LogP contribution in [0.5, 0.6) is 11.6 Å². The summed E-state index contributed by atoms with van der Waals surface area (Å²) in [7, 11) is 0. The van der Waals surface area contributed by atoms with Crippen molar-refractivity contribution in [2.75, 3.05) is 11.6 Å². The Kier molecular flexibility index (Phi) is 5.48. The van der Waals surface area contributed by atoms with Crippen molar-refractivity contribution in [1.29, 1.82) is 0 Å². The molecule has 0 radical (unpaired) electrons.